The van der Waals surface area contributed by atoms with Gasteiger partial charge in [0.1, 0.15) is 10.8 Å². The van der Waals surface area contributed by atoms with E-state index in [0.717, 1.165) is 27.7 Å². The third-order valence-corrected chi connectivity index (χ3v) is 3.35. The summed E-state index contributed by atoms with van der Waals surface area (Å²) < 4.78 is 0. The van der Waals surface area contributed by atoms with Gasteiger partial charge in [0.25, 0.3) is 0 Å². The molecule has 0 spiro atoms. The van der Waals surface area contributed by atoms with Gasteiger partial charge in [-0.3, -0.25) is 4.98 Å². The average Bonchev–Trinajstić information content (AvgIpc) is 2.46. The number of nitrogens with zero attached hydrogens (tertiary/aromatic N) is 2. The van der Waals surface area contributed by atoms with Gasteiger partial charge in [0.05, 0.1) is 23.0 Å². The molecule has 0 aliphatic heterocycles. The molecule has 4 nitrogen and oxygen atoms in total. The average molecular weight is 294 g/mol. The van der Waals surface area contributed by atoms with Crippen molar-refractivity contribution in [3.05, 3.63) is 59.9 Å². The normalized spacial score (nSPS) is 10.5. The topological polar surface area (TPSA) is 63.8 Å². The Kier molecular flexibility index (Phi) is 3.50. The van der Waals surface area contributed by atoms with Crippen molar-refractivity contribution >= 4 is 39.6 Å². The zero-order valence-electron chi connectivity index (χ0n) is 11.5. The van der Waals surface area contributed by atoms with Crippen molar-refractivity contribution in [1.82, 2.24) is 9.97 Å². The van der Waals surface area contributed by atoms with E-state index < -0.39 is 0 Å². The van der Waals surface area contributed by atoms with E-state index in [1.54, 1.807) is 12.4 Å². The molecule has 0 radical (unpaired) electrons. The lowest BCUT2D eigenvalue weighted by atomic mass is 10.1. The van der Waals surface area contributed by atoms with Crippen molar-refractivity contribution in [2.24, 2.45) is 5.73 Å². The highest BCUT2D eigenvalue weighted by Gasteiger charge is 2.10. The van der Waals surface area contributed by atoms with Gasteiger partial charge < -0.3 is 11.1 Å². The van der Waals surface area contributed by atoms with Crippen LogP contribution in [0.25, 0.3) is 10.9 Å². The number of aromatic nitrogens is 2. The van der Waals surface area contributed by atoms with E-state index in [1.165, 1.54) is 0 Å². The lowest BCUT2D eigenvalue weighted by Gasteiger charge is -2.12. The van der Waals surface area contributed by atoms with Crippen LogP contribution in [0.4, 0.5) is 11.5 Å². The molecule has 0 saturated carbocycles. The maximum atomic E-state index is 5.82. The molecular weight excluding hydrogens is 280 g/mol. The highest BCUT2D eigenvalue weighted by molar-refractivity contribution is 7.80. The predicted molar refractivity (Wildman–Crippen MR) is 89.9 cm³/mol. The quantitative estimate of drug-likeness (QED) is 0.726. The van der Waals surface area contributed by atoms with Crippen LogP contribution in [-0.2, 0) is 0 Å². The molecule has 0 aliphatic rings. The number of rotatable bonds is 3. The van der Waals surface area contributed by atoms with Crippen molar-refractivity contribution in [2.75, 3.05) is 5.32 Å². The first-order chi connectivity index (χ1) is 10.1. The Morgan fingerprint density at radius 1 is 1.19 bits per heavy atom. The molecule has 104 valence electrons. The number of hydrogen-bond acceptors (Lipinski definition) is 4. The maximum Gasteiger partial charge on any atom is 0.141 e. The standard InChI is InChI=1S/C16H14N4S/c1-10-6-12(9-18-8-10)19-16-13(15(17)21)7-11-4-2-3-5-14(11)20-16/h2-9H,1H3,(H2,17,21)(H,19,20). The zero-order valence-corrected chi connectivity index (χ0v) is 12.3. The second-order valence-electron chi connectivity index (χ2n) is 4.82. The van der Waals surface area contributed by atoms with Crippen LogP contribution >= 0.6 is 12.2 Å². The Balaban J connectivity index is 2.11. The van der Waals surface area contributed by atoms with Crippen molar-refractivity contribution in [3.8, 4) is 0 Å². The number of nitrogens with one attached hydrogen (secondary N) is 1. The SMILES string of the molecule is Cc1cncc(Nc2nc3ccccc3cc2C(N)=S)c1. The Bertz CT molecular complexity index is 829. The number of hydrogen-bond donors (Lipinski definition) is 2. The summed E-state index contributed by atoms with van der Waals surface area (Å²) in [5.41, 5.74) is 9.37. The number of para-hydroxylation sites is 1. The summed E-state index contributed by atoms with van der Waals surface area (Å²) in [7, 11) is 0. The maximum absolute atomic E-state index is 5.82. The van der Waals surface area contributed by atoms with Gasteiger partial charge in [-0.05, 0) is 30.7 Å². The molecular formula is C16H14N4S. The van der Waals surface area contributed by atoms with Crippen molar-refractivity contribution in [1.29, 1.82) is 0 Å². The largest absolute Gasteiger partial charge is 0.389 e. The van der Waals surface area contributed by atoms with E-state index in [9.17, 15) is 0 Å². The van der Waals surface area contributed by atoms with E-state index in [-0.39, 0.29) is 0 Å². The summed E-state index contributed by atoms with van der Waals surface area (Å²) in [6.45, 7) is 1.99. The third-order valence-electron chi connectivity index (χ3n) is 3.13. The van der Waals surface area contributed by atoms with Gasteiger partial charge in [0, 0.05) is 11.6 Å². The summed E-state index contributed by atoms with van der Waals surface area (Å²) in [6.07, 6.45) is 3.54. The number of thiocarbonyl (C=S) groups is 1. The van der Waals surface area contributed by atoms with Crippen LogP contribution in [-0.4, -0.2) is 15.0 Å². The van der Waals surface area contributed by atoms with Gasteiger partial charge in [0.2, 0.25) is 0 Å². The first kappa shape index (κ1) is 13.5. The molecule has 5 heteroatoms. The summed E-state index contributed by atoms with van der Waals surface area (Å²) in [5.74, 6) is 0.647. The monoisotopic (exact) mass is 294 g/mol. The van der Waals surface area contributed by atoms with Crippen LogP contribution in [0.15, 0.2) is 48.8 Å². The number of pyridine rings is 2. The number of nitrogens with two attached hydrogens (primary N) is 1. The van der Waals surface area contributed by atoms with Crippen LogP contribution in [0.1, 0.15) is 11.1 Å². The van der Waals surface area contributed by atoms with E-state index in [4.69, 9.17) is 18.0 Å². The molecule has 3 aromatic rings. The molecule has 0 bridgehead atoms. The molecule has 3 N–H and O–H groups in total. The highest BCUT2D eigenvalue weighted by Crippen LogP contribution is 2.23. The number of fused-ring (bicyclic) bond motifs is 1. The van der Waals surface area contributed by atoms with E-state index in [1.807, 2.05) is 43.3 Å². The van der Waals surface area contributed by atoms with E-state index in [0.29, 0.717) is 10.8 Å². The lowest BCUT2D eigenvalue weighted by molar-refractivity contribution is 1.25. The summed E-state index contributed by atoms with van der Waals surface area (Å²) in [4.78, 5) is 9.09. The van der Waals surface area contributed by atoms with Gasteiger partial charge >= 0.3 is 0 Å². The molecule has 0 saturated heterocycles. The van der Waals surface area contributed by atoms with Gasteiger partial charge in [-0.1, -0.05) is 30.4 Å². The molecule has 1 aromatic carbocycles. The molecule has 3 rings (SSSR count). The zero-order chi connectivity index (χ0) is 14.8. The summed E-state index contributed by atoms with van der Waals surface area (Å²) in [5, 5.41) is 4.25. The van der Waals surface area contributed by atoms with Gasteiger partial charge in [0.15, 0.2) is 0 Å². The van der Waals surface area contributed by atoms with Crippen molar-refractivity contribution in [3.63, 3.8) is 0 Å². The molecule has 0 atom stereocenters. The molecule has 0 amide bonds. The van der Waals surface area contributed by atoms with Crippen molar-refractivity contribution in [2.45, 2.75) is 6.92 Å². The second kappa shape index (κ2) is 5.46. The Hall–Kier alpha value is -2.53. The number of aryl methyl sites for hydroxylation is 1. The Morgan fingerprint density at radius 2 is 2.00 bits per heavy atom. The Morgan fingerprint density at radius 3 is 2.76 bits per heavy atom. The predicted octanol–water partition coefficient (Wildman–Crippen LogP) is 3.32. The molecule has 0 unspecified atom stereocenters. The van der Waals surface area contributed by atoms with Gasteiger partial charge in [-0.2, -0.15) is 0 Å². The summed E-state index contributed by atoms with van der Waals surface area (Å²) in [6, 6.07) is 11.8. The van der Waals surface area contributed by atoms with Crippen LogP contribution in [0.3, 0.4) is 0 Å². The lowest BCUT2D eigenvalue weighted by Crippen LogP contribution is -2.13. The third kappa shape index (κ3) is 2.83. The Labute approximate surface area is 128 Å². The van der Waals surface area contributed by atoms with Crippen LogP contribution < -0.4 is 11.1 Å². The number of benzene rings is 1. The first-order valence-electron chi connectivity index (χ1n) is 6.52. The van der Waals surface area contributed by atoms with E-state index in [2.05, 4.69) is 15.3 Å². The first-order valence-corrected chi connectivity index (χ1v) is 6.92. The fourth-order valence-corrected chi connectivity index (χ4v) is 2.31. The minimum absolute atomic E-state index is 0.316. The number of anilines is 2. The van der Waals surface area contributed by atoms with Gasteiger partial charge in [-0.15, -0.1) is 0 Å². The molecule has 0 fully saturated rings. The van der Waals surface area contributed by atoms with Crippen LogP contribution in [0, 0.1) is 6.92 Å². The summed E-state index contributed by atoms with van der Waals surface area (Å²) >= 11 is 5.14. The van der Waals surface area contributed by atoms with Gasteiger partial charge in [-0.25, -0.2) is 4.98 Å². The van der Waals surface area contributed by atoms with Crippen LogP contribution in [0.2, 0.25) is 0 Å². The molecule has 0 aliphatic carbocycles. The second-order valence-corrected chi connectivity index (χ2v) is 5.26. The molecule has 21 heavy (non-hydrogen) atoms. The minimum atomic E-state index is 0.316. The fourth-order valence-electron chi connectivity index (χ4n) is 2.16. The van der Waals surface area contributed by atoms with E-state index >= 15 is 0 Å². The fraction of sp³-hybridized carbons (Fsp3) is 0.0625. The minimum Gasteiger partial charge on any atom is -0.389 e. The van der Waals surface area contributed by atoms with Crippen molar-refractivity contribution < 1.29 is 0 Å². The smallest absolute Gasteiger partial charge is 0.141 e. The highest BCUT2D eigenvalue weighted by atomic mass is 32.1. The van der Waals surface area contributed by atoms with Crippen LogP contribution in [0.5, 0.6) is 0 Å². The molecule has 2 heterocycles. The molecule has 2 aromatic heterocycles.